The second kappa shape index (κ2) is 18.5. The average molecular weight is 339 g/mol. The molecule has 2 nitrogen and oxygen atoms in total. The van der Waals surface area contributed by atoms with E-state index in [9.17, 15) is 4.79 Å². The van der Waals surface area contributed by atoms with Gasteiger partial charge in [0, 0.05) is 6.42 Å². The van der Waals surface area contributed by atoms with Crippen LogP contribution in [0.1, 0.15) is 111 Å². The lowest BCUT2D eigenvalue weighted by Crippen LogP contribution is -2.09. The maximum Gasteiger partial charge on any atom is 0.305 e. The third-order valence-corrected chi connectivity index (χ3v) is 4.22. The zero-order valence-electron chi connectivity index (χ0n) is 16.7. The van der Waals surface area contributed by atoms with Gasteiger partial charge in [0.1, 0.15) is 0 Å². The molecule has 24 heavy (non-hydrogen) atoms. The van der Waals surface area contributed by atoms with Gasteiger partial charge in [0.15, 0.2) is 0 Å². The Hall–Kier alpha value is -0.790. The van der Waals surface area contributed by atoms with Crippen LogP contribution in [0.3, 0.4) is 0 Å². The summed E-state index contributed by atoms with van der Waals surface area (Å²) in [6.45, 7) is 6.96. The predicted molar refractivity (Wildman–Crippen MR) is 105 cm³/mol. The van der Waals surface area contributed by atoms with E-state index >= 15 is 0 Å². The van der Waals surface area contributed by atoms with E-state index in [1.54, 1.807) is 0 Å². The monoisotopic (exact) mass is 338 g/mol. The largest absolute Gasteiger partial charge is 0.465 e. The maximum atomic E-state index is 11.5. The lowest BCUT2D eigenvalue weighted by atomic mass is 10.1. The fourth-order valence-corrected chi connectivity index (χ4v) is 2.67. The lowest BCUT2D eigenvalue weighted by molar-refractivity contribution is -0.144. The van der Waals surface area contributed by atoms with Crippen molar-refractivity contribution in [1.29, 1.82) is 0 Å². The minimum atomic E-state index is -0.0245. The van der Waals surface area contributed by atoms with Crippen molar-refractivity contribution in [1.82, 2.24) is 0 Å². The molecule has 0 saturated carbocycles. The molecule has 0 aliphatic rings. The number of ether oxygens (including phenoxy) is 1. The van der Waals surface area contributed by atoms with Crippen molar-refractivity contribution in [2.24, 2.45) is 5.92 Å². The van der Waals surface area contributed by atoms with Crippen LogP contribution in [0.15, 0.2) is 12.2 Å². The van der Waals surface area contributed by atoms with E-state index in [1.807, 2.05) is 0 Å². The Bertz CT molecular complexity index is 294. The molecule has 0 aromatic carbocycles. The molecule has 0 bridgehead atoms. The normalized spacial score (nSPS) is 11.5. The van der Waals surface area contributed by atoms with Gasteiger partial charge in [-0.1, -0.05) is 84.3 Å². The molecule has 2 heteroatoms. The van der Waals surface area contributed by atoms with E-state index in [-0.39, 0.29) is 5.97 Å². The Morgan fingerprint density at radius 2 is 1.29 bits per heavy atom. The van der Waals surface area contributed by atoms with E-state index in [4.69, 9.17) is 4.74 Å². The number of unbranched alkanes of at least 4 members (excludes halogenated alkanes) is 11. The van der Waals surface area contributed by atoms with Crippen LogP contribution in [0.2, 0.25) is 0 Å². The van der Waals surface area contributed by atoms with Crippen molar-refractivity contribution >= 4 is 5.97 Å². The van der Waals surface area contributed by atoms with Crippen LogP contribution in [0.5, 0.6) is 0 Å². The summed E-state index contributed by atoms with van der Waals surface area (Å²) >= 11 is 0. The standard InChI is InChI=1S/C22H42O2/c1-4-5-6-7-8-9-10-11-12-13-14-15-16-17-18-19-22(23)24-20-21(2)3/h10-11,21H,4-9,12-20H2,1-3H3. The van der Waals surface area contributed by atoms with Gasteiger partial charge in [0.25, 0.3) is 0 Å². The Balaban J connectivity index is 3.18. The van der Waals surface area contributed by atoms with E-state index < -0.39 is 0 Å². The summed E-state index contributed by atoms with van der Waals surface area (Å²) in [5.41, 5.74) is 0. The molecule has 0 aliphatic heterocycles. The zero-order valence-corrected chi connectivity index (χ0v) is 16.7. The van der Waals surface area contributed by atoms with E-state index in [0.29, 0.717) is 18.9 Å². The molecule has 0 heterocycles. The molecular formula is C22H42O2. The molecule has 0 rings (SSSR count). The molecule has 0 aliphatic carbocycles. The summed E-state index contributed by atoms with van der Waals surface area (Å²) < 4.78 is 5.18. The van der Waals surface area contributed by atoms with Crippen LogP contribution in [-0.2, 0) is 9.53 Å². The molecule has 0 fully saturated rings. The second-order valence-corrected chi connectivity index (χ2v) is 7.41. The van der Waals surface area contributed by atoms with Gasteiger partial charge >= 0.3 is 5.97 Å². The summed E-state index contributed by atoms with van der Waals surface area (Å²) in [5, 5.41) is 0. The number of carbonyl (C=O) groups is 1. The first-order valence-corrected chi connectivity index (χ1v) is 10.5. The van der Waals surface area contributed by atoms with Crippen molar-refractivity contribution in [2.45, 2.75) is 111 Å². The molecule has 142 valence electrons. The summed E-state index contributed by atoms with van der Waals surface area (Å²) in [7, 11) is 0. The van der Waals surface area contributed by atoms with E-state index in [2.05, 4.69) is 32.9 Å². The Kier molecular flexibility index (Phi) is 17.9. The number of esters is 1. The molecule has 0 amide bonds. The van der Waals surface area contributed by atoms with Crippen molar-refractivity contribution < 1.29 is 9.53 Å². The van der Waals surface area contributed by atoms with Gasteiger partial charge in [-0.05, 0) is 38.0 Å². The van der Waals surface area contributed by atoms with Gasteiger partial charge in [-0.15, -0.1) is 0 Å². The number of rotatable bonds is 17. The maximum absolute atomic E-state index is 11.5. The first-order chi connectivity index (χ1) is 11.7. The van der Waals surface area contributed by atoms with Crippen LogP contribution in [0, 0.1) is 5.92 Å². The first kappa shape index (κ1) is 23.2. The van der Waals surface area contributed by atoms with Crippen molar-refractivity contribution in [3.05, 3.63) is 12.2 Å². The fourth-order valence-electron chi connectivity index (χ4n) is 2.67. The predicted octanol–water partition coefficient (Wildman–Crippen LogP) is 7.22. The quantitative estimate of drug-likeness (QED) is 0.159. The molecule has 0 unspecified atom stereocenters. The van der Waals surface area contributed by atoms with Crippen molar-refractivity contribution in [2.75, 3.05) is 6.61 Å². The van der Waals surface area contributed by atoms with Crippen LogP contribution >= 0.6 is 0 Å². The van der Waals surface area contributed by atoms with Crippen LogP contribution < -0.4 is 0 Å². The topological polar surface area (TPSA) is 26.3 Å². The molecule has 0 aromatic heterocycles. The van der Waals surface area contributed by atoms with Gasteiger partial charge in [-0.25, -0.2) is 0 Å². The lowest BCUT2D eigenvalue weighted by Gasteiger charge is -2.06. The summed E-state index contributed by atoms with van der Waals surface area (Å²) in [6.07, 6.45) is 22.0. The minimum absolute atomic E-state index is 0.0245. The highest BCUT2D eigenvalue weighted by atomic mass is 16.5. The number of allylic oxidation sites excluding steroid dienone is 2. The Labute approximate surface area is 151 Å². The molecular weight excluding hydrogens is 296 g/mol. The zero-order chi connectivity index (χ0) is 17.9. The van der Waals surface area contributed by atoms with Crippen LogP contribution in [0.4, 0.5) is 0 Å². The third-order valence-electron chi connectivity index (χ3n) is 4.22. The number of carbonyl (C=O) groups excluding carboxylic acids is 1. The summed E-state index contributed by atoms with van der Waals surface area (Å²) in [5.74, 6) is 0.410. The van der Waals surface area contributed by atoms with Gasteiger partial charge in [0.05, 0.1) is 6.61 Å². The van der Waals surface area contributed by atoms with Crippen LogP contribution in [-0.4, -0.2) is 12.6 Å². The first-order valence-electron chi connectivity index (χ1n) is 10.5. The molecule has 0 aromatic rings. The van der Waals surface area contributed by atoms with Crippen LogP contribution in [0.25, 0.3) is 0 Å². The smallest absolute Gasteiger partial charge is 0.305 e. The van der Waals surface area contributed by atoms with Crippen molar-refractivity contribution in [3.8, 4) is 0 Å². The average Bonchev–Trinajstić information content (AvgIpc) is 2.56. The highest BCUT2D eigenvalue weighted by Crippen LogP contribution is 2.10. The van der Waals surface area contributed by atoms with Gasteiger partial charge in [-0.2, -0.15) is 0 Å². The van der Waals surface area contributed by atoms with E-state index in [1.165, 1.54) is 70.6 Å². The molecule has 0 spiro atoms. The Morgan fingerprint density at radius 1 is 0.792 bits per heavy atom. The van der Waals surface area contributed by atoms with Gasteiger partial charge in [-0.3, -0.25) is 4.79 Å². The van der Waals surface area contributed by atoms with E-state index in [0.717, 1.165) is 12.8 Å². The highest BCUT2D eigenvalue weighted by Gasteiger charge is 2.03. The summed E-state index contributed by atoms with van der Waals surface area (Å²) in [6, 6.07) is 0. The third kappa shape index (κ3) is 19.3. The van der Waals surface area contributed by atoms with Crippen molar-refractivity contribution in [3.63, 3.8) is 0 Å². The van der Waals surface area contributed by atoms with Gasteiger partial charge in [0.2, 0.25) is 0 Å². The Morgan fingerprint density at radius 3 is 1.83 bits per heavy atom. The molecule has 0 saturated heterocycles. The molecule has 0 radical (unpaired) electrons. The fraction of sp³-hybridized carbons (Fsp3) is 0.864. The SMILES string of the molecule is CCCCCCCC=CCCCCCCCCC(=O)OCC(C)C. The number of hydrogen-bond acceptors (Lipinski definition) is 2. The summed E-state index contributed by atoms with van der Waals surface area (Å²) in [4.78, 5) is 11.5. The van der Waals surface area contributed by atoms with Gasteiger partial charge < -0.3 is 4.74 Å². The molecule has 0 N–H and O–H groups in total. The highest BCUT2D eigenvalue weighted by molar-refractivity contribution is 5.69. The minimum Gasteiger partial charge on any atom is -0.465 e. The second-order valence-electron chi connectivity index (χ2n) is 7.41. The molecule has 0 atom stereocenters. The number of hydrogen-bond donors (Lipinski definition) is 0.